The molecule has 0 spiro atoms. The summed E-state index contributed by atoms with van der Waals surface area (Å²) in [5.41, 5.74) is 2.53. The minimum atomic E-state index is 0. The normalized spacial score (nSPS) is 16.4. The summed E-state index contributed by atoms with van der Waals surface area (Å²) in [7, 11) is 1.87. The van der Waals surface area contributed by atoms with Gasteiger partial charge >= 0.3 is 0 Å². The predicted molar refractivity (Wildman–Crippen MR) is 127 cm³/mol. The highest BCUT2D eigenvalue weighted by Crippen LogP contribution is 2.25. The van der Waals surface area contributed by atoms with Gasteiger partial charge in [-0.2, -0.15) is 0 Å². The number of hydrogen-bond acceptors (Lipinski definition) is 3. The van der Waals surface area contributed by atoms with Gasteiger partial charge in [0.1, 0.15) is 0 Å². The average molecular weight is 493 g/mol. The lowest BCUT2D eigenvalue weighted by Crippen LogP contribution is -2.53. The van der Waals surface area contributed by atoms with Gasteiger partial charge in [0.2, 0.25) is 0 Å². The molecule has 1 saturated heterocycles. The van der Waals surface area contributed by atoms with Crippen molar-refractivity contribution in [3.63, 3.8) is 0 Å². The van der Waals surface area contributed by atoms with Crippen molar-refractivity contribution in [3.8, 4) is 0 Å². The minimum absolute atomic E-state index is 0. The molecule has 0 amide bonds. The third kappa shape index (κ3) is 6.17. The standard InChI is InChI=1S/C22H31N5.HI/c1-3-21(19-9-5-4-6-10-19)26-15-17-27(18-16-26)22(23-2)25-14-12-20-11-7-8-13-24-20;/h4-11,13,21H,3,12,14-18H2,1-2H3,(H,23,25);1H. The summed E-state index contributed by atoms with van der Waals surface area (Å²) in [4.78, 5) is 13.8. The van der Waals surface area contributed by atoms with Crippen molar-refractivity contribution in [3.05, 3.63) is 66.0 Å². The molecule has 1 unspecified atom stereocenters. The summed E-state index contributed by atoms with van der Waals surface area (Å²) in [6.45, 7) is 7.27. The third-order valence-electron chi connectivity index (χ3n) is 5.23. The monoisotopic (exact) mass is 493 g/mol. The molecule has 0 bridgehead atoms. The third-order valence-corrected chi connectivity index (χ3v) is 5.23. The number of aliphatic imine (C=N–C) groups is 1. The number of nitrogens with zero attached hydrogens (tertiary/aromatic N) is 4. The van der Waals surface area contributed by atoms with E-state index >= 15 is 0 Å². The Kier molecular flexibility index (Phi) is 9.70. The zero-order valence-electron chi connectivity index (χ0n) is 16.9. The first kappa shape index (κ1) is 22.6. The van der Waals surface area contributed by atoms with Crippen molar-refractivity contribution in [1.29, 1.82) is 0 Å². The zero-order valence-corrected chi connectivity index (χ0v) is 19.3. The SMILES string of the molecule is CCC(c1ccccc1)N1CCN(C(=NC)NCCc2ccccn2)CC1.I. The van der Waals surface area contributed by atoms with Crippen molar-refractivity contribution in [2.75, 3.05) is 39.8 Å². The van der Waals surface area contributed by atoms with E-state index in [4.69, 9.17) is 0 Å². The fourth-order valence-electron chi connectivity index (χ4n) is 3.81. The molecule has 0 radical (unpaired) electrons. The van der Waals surface area contributed by atoms with Gasteiger partial charge in [0.15, 0.2) is 5.96 Å². The fourth-order valence-corrected chi connectivity index (χ4v) is 3.81. The number of hydrogen-bond donors (Lipinski definition) is 1. The predicted octanol–water partition coefficient (Wildman–Crippen LogP) is 3.59. The van der Waals surface area contributed by atoms with Crippen LogP contribution in [0, 0.1) is 0 Å². The van der Waals surface area contributed by atoms with Crippen LogP contribution in [0.25, 0.3) is 0 Å². The molecule has 5 nitrogen and oxygen atoms in total. The number of pyridine rings is 1. The Morgan fingerprint density at radius 2 is 1.79 bits per heavy atom. The summed E-state index contributed by atoms with van der Waals surface area (Å²) in [6, 6.07) is 17.4. The molecule has 1 fully saturated rings. The second-order valence-corrected chi connectivity index (χ2v) is 6.90. The molecule has 1 aromatic heterocycles. The largest absolute Gasteiger partial charge is 0.356 e. The Balaban J connectivity index is 0.00000280. The van der Waals surface area contributed by atoms with E-state index in [-0.39, 0.29) is 24.0 Å². The first-order valence-corrected chi connectivity index (χ1v) is 9.96. The molecule has 0 aliphatic carbocycles. The summed E-state index contributed by atoms with van der Waals surface area (Å²) in [5.74, 6) is 0.998. The molecule has 1 aromatic carbocycles. The Hall–Kier alpha value is -1.67. The van der Waals surface area contributed by atoms with Crippen molar-refractivity contribution < 1.29 is 0 Å². The molecule has 152 valence electrons. The highest BCUT2D eigenvalue weighted by molar-refractivity contribution is 14.0. The van der Waals surface area contributed by atoms with Gasteiger partial charge in [-0.1, -0.05) is 43.3 Å². The summed E-state index contributed by atoms with van der Waals surface area (Å²) in [5, 5.41) is 3.49. The van der Waals surface area contributed by atoms with E-state index in [1.165, 1.54) is 5.56 Å². The van der Waals surface area contributed by atoms with Crippen LogP contribution >= 0.6 is 24.0 Å². The van der Waals surface area contributed by atoms with Gasteiger partial charge in [0, 0.05) is 64.1 Å². The van der Waals surface area contributed by atoms with Crippen LogP contribution in [0.5, 0.6) is 0 Å². The number of piperazine rings is 1. The van der Waals surface area contributed by atoms with Gasteiger partial charge in [-0.25, -0.2) is 0 Å². The Labute approximate surface area is 186 Å². The van der Waals surface area contributed by atoms with Gasteiger partial charge < -0.3 is 10.2 Å². The molecule has 1 N–H and O–H groups in total. The first-order valence-electron chi connectivity index (χ1n) is 9.96. The Morgan fingerprint density at radius 1 is 1.07 bits per heavy atom. The van der Waals surface area contributed by atoms with Gasteiger partial charge in [-0.3, -0.25) is 14.9 Å². The Morgan fingerprint density at radius 3 is 2.39 bits per heavy atom. The van der Waals surface area contributed by atoms with Crippen molar-refractivity contribution in [1.82, 2.24) is 20.1 Å². The molecule has 1 aliphatic heterocycles. The highest BCUT2D eigenvalue weighted by Gasteiger charge is 2.25. The van der Waals surface area contributed by atoms with Crippen molar-refractivity contribution >= 4 is 29.9 Å². The van der Waals surface area contributed by atoms with Gasteiger partial charge in [-0.15, -0.1) is 24.0 Å². The van der Waals surface area contributed by atoms with Gasteiger partial charge in [0.05, 0.1) is 0 Å². The average Bonchev–Trinajstić information content (AvgIpc) is 2.74. The maximum Gasteiger partial charge on any atom is 0.193 e. The van der Waals surface area contributed by atoms with E-state index in [9.17, 15) is 0 Å². The van der Waals surface area contributed by atoms with E-state index in [1.807, 2.05) is 25.4 Å². The molecule has 3 rings (SSSR count). The van der Waals surface area contributed by atoms with Crippen LogP contribution in [-0.2, 0) is 6.42 Å². The molecule has 0 saturated carbocycles. The molecule has 28 heavy (non-hydrogen) atoms. The summed E-state index contributed by atoms with van der Waals surface area (Å²) >= 11 is 0. The molecule has 1 atom stereocenters. The van der Waals surface area contributed by atoms with Gasteiger partial charge in [0.25, 0.3) is 0 Å². The number of aromatic nitrogens is 1. The van der Waals surface area contributed by atoms with Crippen LogP contribution < -0.4 is 5.32 Å². The van der Waals surface area contributed by atoms with Crippen LogP contribution in [0.15, 0.2) is 59.7 Å². The molecular formula is C22H32IN5. The smallest absolute Gasteiger partial charge is 0.193 e. The van der Waals surface area contributed by atoms with Crippen LogP contribution in [0.1, 0.15) is 30.6 Å². The van der Waals surface area contributed by atoms with E-state index in [0.717, 1.165) is 57.2 Å². The van der Waals surface area contributed by atoms with E-state index in [2.05, 4.69) is 68.4 Å². The van der Waals surface area contributed by atoms with E-state index in [0.29, 0.717) is 6.04 Å². The number of nitrogens with one attached hydrogen (secondary N) is 1. The maximum atomic E-state index is 4.48. The van der Waals surface area contributed by atoms with E-state index < -0.39 is 0 Å². The van der Waals surface area contributed by atoms with Crippen LogP contribution in [-0.4, -0.2) is 60.5 Å². The zero-order chi connectivity index (χ0) is 18.9. The van der Waals surface area contributed by atoms with Crippen molar-refractivity contribution in [2.45, 2.75) is 25.8 Å². The second kappa shape index (κ2) is 12.0. The lowest BCUT2D eigenvalue weighted by Gasteiger charge is -2.40. The summed E-state index contributed by atoms with van der Waals surface area (Å²) < 4.78 is 0. The van der Waals surface area contributed by atoms with Crippen LogP contribution in [0.2, 0.25) is 0 Å². The van der Waals surface area contributed by atoms with Crippen LogP contribution in [0.3, 0.4) is 0 Å². The highest BCUT2D eigenvalue weighted by atomic mass is 127. The molecular weight excluding hydrogens is 461 g/mol. The van der Waals surface area contributed by atoms with Gasteiger partial charge in [-0.05, 0) is 24.1 Å². The topological polar surface area (TPSA) is 43.8 Å². The lowest BCUT2D eigenvalue weighted by molar-refractivity contribution is 0.127. The fraction of sp³-hybridized carbons (Fsp3) is 0.455. The van der Waals surface area contributed by atoms with Crippen molar-refractivity contribution in [2.24, 2.45) is 4.99 Å². The number of benzene rings is 1. The lowest BCUT2D eigenvalue weighted by atomic mass is 10.0. The van der Waals surface area contributed by atoms with Crippen LogP contribution in [0.4, 0.5) is 0 Å². The quantitative estimate of drug-likeness (QED) is 0.380. The molecule has 2 aromatic rings. The van der Waals surface area contributed by atoms with E-state index in [1.54, 1.807) is 0 Å². The maximum absolute atomic E-state index is 4.48. The Bertz CT molecular complexity index is 699. The number of rotatable bonds is 6. The number of guanidine groups is 1. The number of halogens is 1. The second-order valence-electron chi connectivity index (χ2n) is 6.90. The molecule has 1 aliphatic rings. The first-order chi connectivity index (χ1) is 13.3. The molecule has 2 heterocycles. The molecule has 6 heteroatoms. The minimum Gasteiger partial charge on any atom is -0.356 e. The summed E-state index contributed by atoms with van der Waals surface area (Å²) in [6.07, 6.45) is 3.90.